The van der Waals surface area contributed by atoms with E-state index in [1.54, 1.807) is 0 Å². The van der Waals surface area contributed by atoms with Crippen LogP contribution in [0, 0.1) is 0 Å². The predicted molar refractivity (Wildman–Crippen MR) is 102 cm³/mol. The van der Waals surface area contributed by atoms with Gasteiger partial charge < -0.3 is 30.0 Å². The number of ether oxygens (including phenoxy) is 4. The smallest absolute Gasteiger partial charge is 0.165 e. The lowest BCUT2D eigenvalue weighted by Gasteiger charge is -2.33. The first-order chi connectivity index (χ1) is 13.3. The third-order valence-electron chi connectivity index (χ3n) is 4.88. The van der Waals surface area contributed by atoms with Crippen molar-refractivity contribution < 1.29 is 18.9 Å². The van der Waals surface area contributed by atoms with E-state index in [0.717, 1.165) is 30.2 Å². The Bertz CT molecular complexity index is 734. The van der Waals surface area contributed by atoms with Crippen molar-refractivity contribution in [2.24, 2.45) is 5.73 Å². The molecule has 2 aliphatic rings. The van der Waals surface area contributed by atoms with Crippen LogP contribution in [0.3, 0.4) is 0 Å². The van der Waals surface area contributed by atoms with Gasteiger partial charge in [-0.25, -0.2) is 0 Å². The molecule has 3 N–H and O–H groups in total. The fourth-order valence-electron chi connectivity index (χ4n) is 3.37. The quantitative estimate of drug-likeness (QED) is 0.811. The number of morpholine rings is 1. The van der Waals surface area contributed by atoms with E-state index in [0.29, 0.717) is 32.0 Å². The molecule has 27 heavy (non-hydrogen) atoms. The van der Waals surface area contributed by atoms with Crippen LogP contribution >= 0.6 is 0 Å². The maximum absolute atomic E-state index is 6.34. The van der Waals surface area contributed by atoms with Crippen molar-refractivity contribution in [3.05, 3.63) is 54.1 Å². The van der Waals surface area contributed by atoms with Crippen LogP contribution in [-0.2, 0) is 11.3 Å². The summed E-state index contributed by atoms with van der Waals surface area (Å²) in [5, 5.41) is 3.40. The van der Waals surface area contributed by atoms with Crippen LogP contribution in [-0.4, -0.2) is 44.6 Å². The summed E-state index contributed by atoms with van der Waals surface area (Å²) in [7, 11) is 0. The topological polar surface area (TPSA) is 75.0 Å². The fourth-order valence-corrected chi connectivity index (χ4v) is 3.37. The van der Waals surface area contributed by atoms with E-state index in [2.05, 4.69) is 5.32 Å². The van der Waals surface area contributed by atoms with Gasteiger partial charge in [-0.3, -0.25) is 0 Å². The first-order valence-electron chi connectivity index (χ1n) is 9.45. The number of nitrogens with one attached hydrogen (secondary N) is 1. The first-order valence-corrected chi connectivity index (χ1v) is 9.45. The Hall–Kier alpha value is -2.28. The van der Waals surface area contributed by atoms with Gasteiger partial charge in [0, 0.05) is 31.1 Å². The van der Waals surface area contributed by atoms with Gasteiger partial charge in [0.2, 0.25) is 0 Å². The van der Waals surface area contributed by atoms with Crippen LogP contribution < -0.4 is 25.3 Å². The number of nitrogens with two attached hydrogens (primary N) is 1. The molecule has 0 aromatic heterocycles. The minimum atomic E-state index is -0.0828. The zero-order valence-electron chi connectivity index (χ0n) is 15.3. The number of hydrogen-bond donors (Lipinski definition) is 2. The zero-order valence-corrected chi connectivity index (χ0v) is 15.3. The largest absolute Gasteiger partial charge is 0.489 e. The molecule has 2 unspecified atom stereocenters. The average Bonchev–Trinajstić information content (AvgIpc) is 2.73. The summed E-state index contributed by atoms with van der Waals surface area (Å²) in [6, 6.07) is 15.9. The summed E-state index contributed by atoms with van der Waals surface area (Å²) in [5.41, 5.74) is 7.46. The Balaban J connectivity index is 1.35. The number of fused-ring (bicyclic) bond motifs is 1. The van der Waals surface area contributed by atoms with Crippen molar-refractivity contribution in [1.82, 2.24) is 5.32 Å². The SMILES string of the molecule is NC(C[C@@H]1COc2ccc(OCc3ccccc3)cc2O1)C1COCCN1. The summed E-state index contributed by atoms with van der Waals surface area (Å²) in [6.45, 7) is 3.24. The van der Waals surface area contributed by atoms with Crippen LogP contribution in [0.2, 0.25) is 0 Å². The molecule has 0 saturated carbocycles. The molecule has 144 valence electrons. The van der Waals surface area contributed by atoms with Gasteiger partial charge in [-0.2, -0.15) is 0 Å². The highest BCUT2D eigenvalue weighted by molar-refractivity contribution is 5.46. The van der Waals surface area contributed by atoms with Crippen LogP contribution in [0.5, 0.6) is 17.2 Å². The maximum Gasteiger partial charge on any atom is 0.165 e. The van der Waals surface area contributed by atoms with Gasteiger partial charge in [-0.05, 0) is 17.7 Å². The zero-order chi connectivity index (χ0) is 18.5. The normalized spacial score (nSPS) is 22.9. The molecular weight excluding hydrogens is 344 g/mol. The second kappa shape index (κ2) is 8.61. The second-order valence-electron chi connectivity index (χ2n) is 6.97. The van der Waals surface area contributed by atoms with Crippen molar-refractivity contribution in [1.29, 1.82) is 0 Å². The highest BCUT2D eigenvalue weighted by Gasteiger charge is 2.28. The van der Waals surface area contributed by atoms with Crippen LogP contribution in [0.4, 0.5) is 0 Å². The fraction of sp³-hybridized carbons (Fsp3) is 0.429. The minimum absolute atomic E-state index is 0.0436. The molecule has 0 spiro atoms. The van der Waals surface area contributed by atoms with Gasteiger partial charge >= 0.3 is 0 Å². The van der Waals surface area contributed by atoms with Gasteiger partial charge in [-0.1, -0.05) is 30.3 Å². The summed E-state index contributed by atoms with van der Waals surface area (Å²) < 4.78 is 23.4. The van der Waals surface area contributed by atoms with E-state index < -0.39 is 0 Å². The van der Waals surface area contributed by atoms with Crippen molar-refractivity contribution >= 4 is 0 Å². The molecule has 4 rings (SSSR count). The maximum atomic E-state index is 6.34. The molecule has 0 aliphatic carbocycles. The van der Waals surface area contributed by atoms with Crippen LogP contribution in [0.15, 0.2) is 48.5 Å². The lowest BCUT2D eigenvalue weighted by Crippen LogP contribution is -2.54. The Kier molecular flexibility index (Phi) is 5.77. The third kappa shape index (κ3) is 4.71. The van der Waals surface area contributed by atoms with Crippen molar-refractivity contribution in [3.8, 4) is 17.2 Å². The molecule has 0 radical (unpaired) electrons. The second-order valence-corrected chi connectivity index (χ2v) is 6.97. The molecule has 2 aliphatic heterocycles. The van der Waals surface area contributed by atoms with Gasteiger partial charge in [0.05, 0.1) is 13.2 Å². The molecule has 2 aromatic carbocycles. The predicted octanol–water partition coefficient (Wildman–Crippen LogP) is 2.11. The Morgan fingerprint density at radius 3 is 2.81 bits per heavy atom. The van der Waals surface area contributed by atoms with Gasteiger partial charge in [-0.15, -0.1) is 0 Å². The number of benzene rings is 2. The van der Waals surface area contributed by atoms with Gasteiger partial charge in [0.15, 0.2) is 11.5 Å². The van der Waals surface area contributed by atoms with E-state index >= 15 is 0 Å². The van der Waals surface area contributed by atoms with Gasteiger partial charge in [0.1, 0.15) is 25.1 Å². The molecule has 2 heterocycles. The highest BCUT2D eigenvalue weighted by Crippen LogP contribution is 2.36. The van der Waals surface area contributed by atoms with Gasteiger partial charge in [0.25, 0.3) is 0 Å². The van der Waals surface area contributed by atoms with Crippen molar-refractivity contribution in [3.63, 3.8) is 0 Å². The standard InChI is InChI=1S/C21H26N2O4/c22-18(19-14-24-9-8-23-19)10-17-13-26-20-7-6-16(11-21(20)27-17)25-12-15-4-2-1-3-5-15/h1-7,11,17-19,23H,8-10,12-14,22H2/t17-,18?,19?/m1/s1. The van der Waals surface area contributed by atoms with E-state index in [4.69, 9.17) is 24.7 Å². The molecule has 1 fully saturated rings. The lowest BCUT2D eigenvalue weighted by atomic mass is 10.0. The summed E-state index contributed by atoms with van der Waals surface area (Å²) in [5.74, 6) is 2.20. The Morgan fingerprint density at radius 1 is 1.11 bits per heavy atom. The Morgan fingerprint density at radius 2 is 2.00 bits per heavy atom. The molecule has 0 bridgehead atoms. The number of rotatable bonds is 6. The molecule has 1 saturated heterocycles. The van der Waals surface area contributed by atoms with Crippen molar-refractivity contribution in [2.75, 3.05) is 26.4 Å². The van der Waals surface area contributed by atoms with E-state index in [-0.39, 0.29) is 18.2 Å². The van der Waals surface area contributed by atoms with Crippen molar-refractivity contribution in [2.45, 2.75) is 31.2 Å². The van der Waals surface area contributed by atoms with E-state index in [9.17, 15) is 0 Å². The summed E-state index contributed by atoms with van der Waals surface area (Å²) in [6.07, 6.45) is 0.621. The number of hydrogen-bond acceptors (Lipinski definition) is 6. The molecule has 0 amide bonds. The highest BCUT2D eigenvalue weighted by atomic mass is 16.6. The molecule has 6 nitrogen and oxygen atoms in total. The Labute approximate surface area is 159 Å². The van der Waals surface area contributed by atoms with E-state index in [1.807, 2.05) is 48.5 Å². The lowest BCUT2D eigenvalue weighted by molar-refractivity contribution is 0.0461. The monoisotopic (exact) mass is 370 g/mol. The average molecular weight is 370 g/mol. The third-order valence-corrected chi connectivity index (χ3v) is 4.88. The van der Waals surface area contributed by atoms with Crippen LogP contribution in [0.25, 0.3) is 0 Å². The van der Waals surface area contributed by atoms with E-state index in [1.165, 1.54) is 0 Å². The summed E-state index contributed by atoms with van der Waals surface area (Å²) in [4.78, 5) is 0. The van der Waals surface area contributed by atoms with Crippen LogP contribution in [0.1, 0.15) is 12.0 Å². The molecule has 3 atom stereocenters. The molecule has 6 heteroatoms. The molecule has 2 aromatic rings. The first kappa shape index (κ1) is 18.1. The molecular formula is C21H26N2O4. The minimum Gasteiger partial charge on any atom is -0.489 e. The summed E-state index contributed by atoms with van der Waals surface area (Å²) >= 11 is 0.